The van der Waals surface area contributed by atoms with Gasteiger partial charge in [0.25, 0.3) is 5.91 Å². The predicted molar refractivity (Wildman–Crippen MR) is 83.0 cm³/mol. The number of hydrogen-bond acceptors (Lipinski definition) is 4. The Morgan fingerprint density at radius 2 is 2.26 bits per heavy atom. The van der Waals surface area contributed by atoms with E-state index in [1.807, 2.05) is 24.9 Å². The lowest BCUT2D eigenvalue weighted by Gasteiger charge is -2.27. The number of anilines is 1. The van der Waals surface area contributed by atoms with Gasteiger partial charge in [0.05, 0.1) is 11.3 Å². The molecule has 5 heteroatoms. The van der Waals surface area contributed by atoms with Crippen molar-refractivity contribution in [2.45, 2.75) is 26.3 Å². The van der Waals surface area contributed by atoms with Crippen molar-refractivity contribution in [1.82, 2.24) is 9.88 Å². The number of pyridine rings is 1. The first-order chi connectivity index (χ1) is 9.15. The van der Waals surface area contributed by atoms with Crippen molar-refractivity contribution in [1.29, 1.82) is 0 Å². The molecular formula is C14H23N3OS. The number of nitrogens with one attached hydrogen (secondary N) is 1. The van der Waals surface area contributed by atoms with Crippen molar-refractivity contribution in [2.75, 3.05) is 30.9 Å². The Balaban J connectivity index is 2.92. The van der Waals surface area contributed by atoms with Gasteiger partial charge in [-0.2, -0.15) is 11.8 Å². The highest BCUT2D eigenvalue weighted by atomic mass is 32.2. The normalized spacial score (nSPS) is 12.0. The van der Waals surface area contributed by atoms with E-state index in [1.165, 1.54) is 0 Å². The molecule has 0 bridgehead atoms. The van der Waals surface area contributed by atoms with Gasteiger partial charge in [-0.1, -0.05) is 6.92 Å². The zero-order valence-corrected chi connectivity index (χ0v) is 13.0. The van der Waals surface area contributed by atoms with Crippen LogP contribution < -0.4 is 5.32 Å². The minimum Gasteiger partial charge on any atom is -0.385 e. The largest absolute Gasteiger partial charge is 0.385 e. The fourth-order valence-electron chi connectivity index (χ4n) is 1.96. The third-order valence-electron chi connectivity index (χ3n) is 3.12. The molecule has 1 N–H and O–H groups in total. The number of carbonyl (C=O) groups is 1. The summed E-state index contributed by atoms with van der Waals surface area (Å²) in [6.07, 6.45) is 6.37. The third kappa shape index (κ3) is 4.13. The van der Waals surface area contributed by atoms with Crippen LogP contribution in [0.5, 0.6) is 0 Å². The molecule has 0 saturated carbocycles. The molecule has 1 unspecified atom stereocenters. The Labute approximate surface area is 120 Å². The standard InChI is InChI=1S/C14H23N3OS/c1-5-11(10-19-4)17(3)14(18)12-9-15-8-7-13(12)16-6-2/h7-9,11H,5-6,10H2,1-4H3,(H,15,16). The van der Waals surface area contributed by atoms with Gasteiger partial charge in [-0.3, -0.25) is 9.78 Å². The minimum absolute atomic E-state index is 0.0324. The smallest absolute Gasteiger partial charge is 0.257 e. The number of thioether (sulfide) groups is 1. The van der Waals surface area contributed by atoms with Gasteiger partial charge in [-0.25, -0.2) is 0 Å². The van der Waals surface area contributed by atoms with Crippen LogP contribution in [-0.2, 0) is 0 Å². The minimum atomic E-state index is 0.0324. The van der Waals surface area contributed by atoms with Gasteiger partial charge in [0.15, 0.2) is 0 Å². The zero-order chi connectivity index (χ0) is 14.3. The molecule has 0 fully saturated rings. The van der Waals surface area contributed by atoms with Gasteiger partial charge >= 0.3 is 0 Å². The van der Waals surface area contributed by atoms with Gasteiger partial charge in [0.1, 0.15) is 0 Å². The lowest BCUT2D eigenvalue weighted by atomic mass is 10.1. The lowest BCUT2D eigenvalue weighted by molar-refractivity contribution is 0.0744. The van der Waals surface area contributed by atoms with E-state index in [0.717, 1.165) is 24.4 Å². The summed E-state index contributed by atoms with van der Waals surface area (Å²) in [5.74, 6) is 0.986. The Hall–Kier alpha value is -1.23. The molecule has 19 heavy (non-hydrogen) atoms. The van der Waals surface area contributed by atoms with Crippen molar-refractivity contribution in [3.05, 3.63) is 24.0 Å². The van der Waals surface area contributed by atoms with E-state index in [-0.39, 0.29) is 11.9 Å². The second kappa shape index (κ2) is 8.04. The molecule has 1 heterocycles. The van der Waals surface area contributed by atoms with E-state index in [4.69, 9.17) is 0 Å². The molecule has 1 aromatic rings. The summed E-state index contributed by atoms with van der Waals surface area (Å²) in [7, 11) is 1.87. The fraction of sp³-hybridized carbons (Fsp3) is 0.571. The SMILES string of the molecule is CCNc1ccncc1C(=O)N(C)C(CC)CSC. The molecule has 1 atom stereocenters. The lowest BCUT2D eigenvalue weighted by Crippen LogP contribution is -2.38. The maximum atomic E-state index is 12.6. The summed E-state index contributed by atoms with van der Waals surface area (Å²) < 4.78 is 0. The van der Waals surface area contributed by atoms with Crippen molar-refractivity contribution in [3.8, 4) is 0 Å². The van der Waals surface area contributed by atoms with Crippen LogP contribution in [0.3, 0.4) is 0 Å². The predicted octanol–water partition coefficient (Wildman–Crippen LogP) is 2.73. The van der Waals surface area contributed by atoms with Gasteiger partial charge in [-0.05, 0) is 25.7 Å². The highest BCUT2D eigenvalue weighted by Gasteiger charge is 2.21. The summed E-state index contributed by atoms with van der Waals surface area (Å²) in [6, 6.07) is 2.11. The first-order valence-corrected chi connectivity index (χ1v) is 7.99. The highest BCUT2D eigenvalue weighted by Crippen LogP contribution is 2.18. The van der Waals surface area contributed by atoms with Crippen LogP contribution in [-0.4, -0.2) is 47.4 Å². The topological polar surface area (TPSA) is 45.2 Å². The molecule has 0 saturated heterocycles. The summed E-state index contributed by atoms with van der Waals surface area (Å²) in [6.45, 7) is 4.91. The quantitative estimate of drug-likeness (QED) is 0.834. The summed E-state index contributed by atoms with van der Waals surface area (Å²) in [5, 5.41) is 3.21. The zero-order valence-electron chi connectivity index (χ0n) is 12.1. The van der Waals surface area contributed by atoms with Crippen LogP contribution in [0, 0.1) is 0 Å². The summed E-state index contributed by atoms with van der Waals surface area (Å²) in [4.78, 5) is 18.4. The number of hydrogen-bond donors (Lipinski definition) is 1. The first kappa shape index (κ1) is 15.8. The van der Waals surface area contributed by atoms with Gasteiger partial charge in [0, 0.05) is 37.8 Å². The van der Waals surface area contributed by atoms with Crippen molar-refractivity contribution in [3.63, 3.8) is 0 Å². The molecule has 4 nitrogen and oxygen atoms in total. The molecule has 106 valence electrons. The first-order valence-electron chi connectivity index (χ1n) is 6.59. The van der Waals surface area contributed by atoms with Gasteiger partial charge in [-0.15, -0.1) is 0 Å². The van der Waals surface area contributed by atoms with Crippen LogP contribution in [0.4, 0.5) is 5.69 Å². The average Bonchev–Trinajstić information content (AvgIpc) is 2.44. The second-order valence-electron chi connectivity index (χ2n) is 4.39. The van der Waals surface area contributed by atoms with Crippen LogP contribution >= 0.6 is 11.8 Å². The maximum Gasteiger partial charge on any atom is 0.257 e. The van der Waals surface area contributed by atoms with E-state index in [1.54, 1.807) is 24.2 Å². The fourth-order valence-corrected chi connectivity index (χ4v) is 2.81. The summed E-state index contributed by atoms with van der Waals surface area (Å²) >= 11 is 1.76. The third-order valence-corrected chi connectivity index (χ3v) is 3.84. The second-order valence-corrected chi connectivity index (χ2v) is 5.30. The number of aromatic nitrogens is 1. The maximum absolute atomic E-state index is 12.6. The molecule has 1 amide bonds. The van der Waals surface area contributed by atoms with Crippen molar-refractivity contribution in [2.24, 2.45) is 0 Å². The highest BCUT2D eigenvalue weighted by molar-refractivity contribution is 7.98. The Kier molecular flexibility index (Phi) is 6.70. The van der Waals surface area contributed by atoms with Gasteiger partial charge < -0.3 is 10.2 Å². The number of nitrogens with zero attached hydrogens (tertiary/aromatic N) is 2. The van der Waals surface area contributed by atoms with Crippen LogP contribution in [0.2, 0.25) is 0 Å². The van der Waals surface area contributed by atoms with Crippen LogP contribution in [0.25, 0.3) is 0 Å². The van der Waals surface area contributed by atoms with Crippen molar-refractivity contribution >= 4 is 23.4 Å². The van der Waals surface area contributed by atoms with Crippen LogP contribution in [0.15, 0.2) is 18.5 Å². The summed E-state index contributed by atoms with van der Waals surface area (Å²) in [5.41, 5.74) is 1.50. The molecule has 0 spiro atoms. The van der Waals surface area contributed by atoms with E-state index in [0.29, 0.717) is 5.56 Å². The Morgan fingerprint density at radius 3 is 2.84 bits per heavy atom. The number of amides is 1. The Morgan fingerprint density at radius 1 is 1.53 bits per heavy atom. The molecule has 0 aliphatic carbocycles. The van der Waals surface area contributed by atoms with Crippen LogP contribution in [0.1, 0.15) is 30.6 Å². The molecule has 1 aromatic heterocycles. The number of carbonyl (C=O) groups excluding carboxylic acids is 1. The Bertz CT molecular complexity index is 411. The molecule has 0 aliphatic heterocycles. The van der Waals surface area contributed by atoms with E-state index in [2.05, 4.69) is 23.5 Å². The monoisotopic (exact) mass is 281 g/mol. The number of rotatable bonds is 7. The van der Waals surface area contributed by atoms with E-state index in [9.17, 15) is 4.79 Å². The molecule has 1 rings (SSSR count). The molecule has 0 aromatic carbocycles. The van der Waals surface area contributed by atoms with Gasteiger partial charge in [0.2, 0.25) is 0 Å². The molecular weight excluding hydrogens is 258 g/mol. The van der Waals surface area contributed by atoms with E-state index < -0.39 is 0 Å². The average molecular weight is 281 g/mol. The van der Waals surface area contributed by atoms with Crippen molar-refractivity contribution < 1.29 is 4.79 Å². The molecule has 0 aliphatic rings. The molecule has 0 radical (unpaired) electrons. The van der Waals surface area contributed by atoms with E-state index >= 15 is 0 Å².